The molecule has 1 aromatic heterocycles. The highest BCUT2D eigenvalue weighted by atomic mass is 79.9. The van der Waals surface area contributed by atoms with Gasteiger partial charge in [-0.15, -0.1) is 0 Å². The van der Waals surface area contributed by atoms with Crippen LogP contribution in [0.25, 0.3) is 39.1 Å². The van der Waals surface area contributed by atoms with Crippen LogP contribution in [-0.2, 0) is 0 Å². The standard InChI is InChI=1S/C32H21Br2N/c33-25-14-16-31-29(20-25)30-21-26(34)15-17-32(30)35(31)27-13-7-12-24(19-27)28(23-10-5-2-6-11-23)18-22-8-3-1-4-9-22/h1-21H. The lowest BCUT2D eigenvalue weighted by atomic mass is 9.95. The molecule has 0 N–H and O–H groups in total. The van der Waals surface area contributed by atoms with E-state index in [4.69, 9.17) is 0 Å². The molecule has 0 bridgehead atoms. The van der Waals surface area contributed by atoms with Gasteiger partial charge in [-0.3, -0.25) is 0 Å². The third-order valence-corrected chi connectivity index (χ3v) is 7.29. The molecule has 0 aliphatic carbocycles. The molecule has 0 amide bonds. The summed E-state index contributed by atoms with van der Waals surface area (Å²) in [6, 6.07) is 43.0. The van der Waals surface area contributed by atoms with Gasteiger partial charge < -0.3 is 4.57 Å². The number of fused-ring (bicyclic) bond motifs is 3. The Bertz CT molecular complexity index is 1640. The maximum Gasteiger partial charge on any atom is 0.0541 e. The summed E-state index contributed by atoms with van der Waals surface area (Å²) in [6.07, 6.45) is 2.27. The van der Waals surface area contributed by atoms with Gasteiger partial charge in [0, 0.05) is 25.4 Å². The van der Waals surface area contributed by atoms with Crippen molar-refractivity contribution in [2.75, 3.05) is 0 Å². The fourth-order valence-electron chi connectivity index (χ4n) is 4.73. The van der Waals surface area contributed by atoms with Gasteiger partial charge in [0.05, 0.1) is 11.0 Å². The number of halogens is 2. The lowest BCUT2D eigenvalue weighted by Crippen LogP contribution is -1.96. The van der Waals surface area contributed by atoms with Crippen molar-refractivity contribution in [2.45, 2.75) is 0 Å². The van der Waals surface area contributed by atoms with E-state index in [0.29, 0.717) is 0 Å². The van der Waals surface area contributed by atoms with Gasteiger partial charge in [0.1, 0.15) is 0 Å². The third-order valence-electron chi connectivity index (χ3n) is 6.30. The Hall–Kier alpha value is -3.40. The maximum absolute atomic E-state index is 3.66. The minimum Gasteiger partial charge on any atom is -0.309 e. The van der Waals surface area contributed by atoms with Crippen molar-refractivity contribution in [3.8, 4) is 5.69 Å². The average molecular weight is 579 g/mol. The molecule has 6 rings (SSSR count). The fraction of sp³-hybridized carbons (Fsp3) is 0. The summed E-state index contributed by atoms with van der Waals surface area (Å²) in [5.41, 5.74) is 8.28. The molecule has 1 heterocycles. The van der Waals surface area contributed by atoms with Crippen molar-refractivity contribution >= 4 is 65.3 Å². The molecule has 1 nitrogen and oxygen atoms in total. The first-order valence-corrected chi connectivity index (χ1v) is 13.1. The highest BCUT2D eigenvalue weighted by Crippen LogP contribution is 2.36. The fourth-order valence-corrected chi connectivity index (χ4v) is 5.45. The molecule has 0 unspecified atom stereocenters. The summed E-state index contributed by atoms with van der Waals surface area (Å²) in [7, 11) is 0. The molecule has 0 spiro atoms. The van der Waals surface area contributed by atoms with Crippen LogP contribution in [0.5, 0.6) is 0 Å². The Balaban J connectivity index is 1.59. The molecular formula is C32H21Br2N. The smallest absolute Gasteiger partial charge is 0.0541 e. The van der Waals surface area contributed by atoms with Crippen molar-refractivity contribution in [3.05, 3.63) is 147 Å². The highest BCUT2D eigenvalue weighted by molar-refractivity contribution is 9.10. The molecule has 0 saturated carbocycles. The van der Waals surface area contributed by atoms with Gasteiger partial charge in [-0.2, -0.15) is 0 Å². The Morgan fingerprint density at radius 3 is 1.74 bits per heavy atom. The first-order valence-electron chi connectivity index (χ1n) is 11.5. The van der Waals surface area contributed by atoms with E-state index in [1.54, 1.807) is 0 Å². The van der Waals surface area contributed by atoms with E-state index < -0.39 is 0 Å². The minimum atomic E-state index is 1.08. The third kappa shape index (κ3) is 4.27. The molecule has 0 aliphatic rings. The quantitative estimate of drug-likeness (QED) is 0.183. The van der Waals surface area contributed by atoms with Crippen LogP contribution in [0.3, 0.4) is 0 Å². The second-order valence-electron chi connectivity index (χ2n) is 8.54. The molecule has 0 atom stereocenters. The van der Waals surface area contributed by atoms with Crippen LogP contribution in [-0.4, -0.2) is 4.57 Å². The van der Waals surface area contributed by atoms with E-state index in [1.165, 1.54) is 44.1 Å². The molecule has 35 heavy (non-hydrogen) atoms. The summed E-state index contributed by atoms with van der Waals surface area (Å²) >= 11 is 7.32. The number of benzene rings is 5. The van der Waals surface area contributed by atoms with Crippen molar-refractivity contribution in [3.63, 3.8) is 0 Å². The molecule has 3 heteroatoms. The first kappa shape index (κ1) is 22.1. The lowest BCUT2D eigenvalue weighted by molar-refractivity contribution is 1.18. The second kappa shape index (κ2) is 9.33. The largest absolute Gasteiger partial charge is 0.309 e. The molecular weight excluding hydrogens is 558 g/mol. The summed E-state index contributed by atoms with van der Waals surface area (Å²) in [4.78, 5) is 0. The van der Waals surface area contributed by atoms with Gasteiger partial charge in [0.2, 0.25) is 0 Å². The average Bonchev–Trinajstić information content (AvgIpc) is 3.21. The van der Waals surface area contributed by atoms with E-state index in [-0.39, 0.29) is 0 Å². The van der Waals surface area contributed by atoms with Gasteiger partial charge in [0.25, 0.3) is 0 Å². The maximum atomic E-state index is 3.66. The minimum absolute atomic E-state index is 1.08. The predicted octanol–water partition coefficient (Wildman–Crippen LogP) is 9.90. The van der Waals surface area contributed by atoms with Crippen LogP contribution in [0, 0.1) is 0 Å². The number of hydrogen-bond acceptors (Lipinski definition) is 0. The number of aromatic nitrogens is 1. The van der Waals surface area contributed by atoms with Crippen molar-refractivity contribution in [1.82, 2.24) is 4.57 Å². The van der Waals surface area contributed by atoms with Gasteiger partial charge in [-0.05, 0) is 76.9 Å². The van der Waals surface area contributed by atoms with Gasteiger partial charge in [0.15, 0.2) is 0 Å². The van der Waals surface area contributed by atoms with Crippen LogP contribution >= 0.6 is 31.9 Å². The summed E-state index contributed by atoms with van der Waals surface area (Å²) in [5.74, 6) is 0. The number of hydrogen-bond donors (Lipinski definition) is 0. The van der Waals surface area contributed by atoms with Gasteiger partial charge >= 0.3 is 0 Å². The highest BCUT2D eigenvalue weighted by Gasteiger charge is 2.14. The monoisotopic (exact) mass is 577 g/mol. The molecule has 0 aliphatic heterocycles. The zero-order valence-electron chi connectivity index (χ0n) is 18.8. The lowest BCUT2D eigenvalue weighted by Gasteiger charge is -2.13. The van der Waals surface area contributed by atoms with E-state index in [2.05, 4.69) is 164 Å². The summed E-state index contributed by atoms with van der Waals surface area (Å²) < 4.78 is 4.52. The Morgan fingerprint density at radius 1 is 0.543 bits per heavy atom. The van der Waals surface area contributed by atoms with Crippen molar-refractivity contribution in [2.24, 2.45) is 0 Å². The van der Waals surface area contributed by atoms with Crippen molar-refractivity contribution < 1.29 is 0 Å². The summed E-state index contributed by atoms with van der Waals surface area (Å²) in [6.45, 7) is 0. The van der Waals surface area contributed by atoms with Crippen LogP contribution in [0.2, 0.25) is 0 Å². The Kier molecular flexibility index (Phi) is 5.89. The molecule has 6 aromatic rings. The van der Waals surface area contributed by atoms with E-state index in [1.807, 2.05) is 0 Å². The Morgan fingerprint density at radius 2 is 1.11 bits per heavy atom. The zero-order valence-corrected chi connectivity index (χ0v) is 22.0. The van der Waals surface area contributed by atoms with Crippen LogP contribution < -0.4 is 0 Å². The van der Waals surface area contributed by atoms with Gasteiger partial charge in [-0.25, -0.2) is 0 Å². The number of nitrogens with zero attached hydrogens (tertiary/aromatic N) is 1. The molecule has 5 aromatic carbocycles. The normalized spacial score (nSPS) is 11.9. The predicted molar refractivity (Wildman–Crippen MR) is 156 cm³/mol. The Labute approximate surface area is 221 Å². The molecule has 0 radical (unpaired) electrons. The zero-order chi connectivity index (χ0) is 23.8. The van der Waals surface area contributed by atoms with E-state index in [9.17, 15) is 0 Å². The van der Waals surface area contributed by atoms with Crippen LogP contribution in [0.15, 0.2) is 130 Å². The van der Waals surface area contributed by atoms with Crippen LogP contribution in [0.1, 0.15) is 16.7 Å². The first-order chi connectivity index (χ1) is 17.2. The van der Waals surface area contributed by atoms with Gasteiger partial charge in [-0.1, -0.05) is 105 Å². The van der Waals surface area contributed by atoms with E-state index in [0.717, 1.165) is 14.6 Å². The topological polar surface area (TPSA) is 4.93 Å². The van der Waals surface area contributed by atoms with Crippen LogP contribution in [0.4, 0.5) is 0 Å². The molecule has 0 saturated heterocycles. The molecule has 0 fully saturated rings. The molecule has 168 valence electrons. The van der Waals surface area contributed by atoms with Crippen molar-refractivity contribution in [1.29, 1.82) is 0 Å². The number of rotatable bonds is 4. The summed E-state index contributed by atoms with van der Waals surface area (Å²) in [5, 5.41) is 2.45. The second-order valence-corrected chi connectivity index (χ2v) is 10.4. The van der Waals surface area contributed by atoms with E-state index >= 15 is 0 Å². The SMILES string of the molecule is Brc1ccc2c(c1)c1cc(Br)ccc1n2-c1cccc(C(=Cc2ccccc2)c2ccccc2)c1.